The van der Waals surface area contributed by atoms with Crippen LogP contribution in [0.2, 0.25) is 0 Å². The number of nitrogens with one attached hydrogen (secondary N) is 2. The van der Waals surface area contributed by atoms with E-state index in [0.29, 0.717) is 25.1 Å². The van der Waals surface area contributed by atoms with Gasteiger partial charge in [-0.15, -0.1) is 0 Å². The largest absolute Gasteiger partial charge is 0.376 e. The first-order valence-electron chi connectivity index (χ1n) is 10.2. The number of carbonyl (C=O) groups excluding carboxylic acids is 1. The molecule has 1 aliphatic rings. The number of nitrogens with zero attached hydrogens (tertiary/aromatic N) is 1. The van der Waals surface area contributed by atoms with E-state index in [1.54, 1.807) is 4.57 Å². The van der Waals surface area contributed by atoms with Crippen molar-refractivity contribution in [2.45, 2.75) is 45.8 Å². The summed E-state index contributed by atoms with van der Waals surface area (Å²) in [6.07, 6.45) is 4.69. The molecule has 0 unspecified atom stereocenters. The molecule has 0 saturated carbocycles. The highest BCUT2D eigenvalue weighted by atomic mass is 16.5. The van der Waals surface area contributed by atoms with Gasteiger partial charge in [-0.25, -0.2) is 0 Å². The smallest absolute Gasteiger partial charge is 0.263 e. The molecule has 0 bridgehead atoms. The van der Waals surface area contributed by atoms with Gasteiger partial charge >= 0.3 is 0 Å². The number of ether oxygens (including phenoxy) is 1. The summed E-state index contributed by atoms with van der Waals surface area (Å²) in [6.45, 7) is 5.44. The molecule has 29 heavy (non-hydrogen) atoms. The van der Waals surface area contributed by atoms with Gasteiger partial charge in [0.05, 0.1) is 12.6 Å². The molecule has 1 atom stereocenters. The average molecular weight is 393 g/mol. The Labute approximate surface area is 169 Å². The first-order valence-corrected chi connectivity index (χ1v) is 10.2. The number of aromatic nitrogens is 2. The van der Waals surface area contributed by atoms with Gasteiger partial charge in [0.15, 0.2) is 0 Å². The van der Waals surface area contributed by atoms with E-state index in [9.17, 15) is 9.59 Å². The van der Waals surface area contributed by atoms with Crippen LogP contribution in [-0.2, 0) is 17.7 Å². The summed E-state index contributed by atoms with van der Waals surface area (Å²) in [6, 6.07) is 10.0. The monoisotopic (exact) mass is 393 g/mol. The fourth-order valence-electron chi connectivity index (χ4n) is 4.16. The molecule has 4 rings (SSSR count). The molecule has 1 aliphatic heterocycles. The number of pyridine rings is 1. The highest BCUT2D eigenvalue weighted by Crippen LogP contribution is 2.18. The zero-order valence-corrected chi connectivity index (χ0v) is 17.0. The second kappa shape index (κ2) is 8.25. The minimum atomic E-state index is -0.312. The van der Waals surface area contributed by atoms with Crippen molar-refractivity contribution in [1.29, 1.82) is 0 Å². The van der Waals surface area contributed by atoms with E-state index in [2.05, 4.69) is 16.4 Å². The Balaban J connectivity index is 1.48. The number of carbonyl (C=O) groups is 1. The third-order valence-electron chi connectivity index (χ3n) is 5.70. The summed E-state index contributed by atoms with van der Waals surface area (Å²) < 4.78 is 7.35. The number of aryl methyl sites for hydroxylation is 2. The second-order valence-corrected chi connectivity index (χ2v) is 7.76. The molecular formula is C23H27N3O3. The zero-order chi connectivity index (χ0) is 20.4. The Morgan fingerprint density at radius 3 is 2.93 bits per heavy atom. The van der Waals surface area contributed by atoms with Crippen LogP contribution in [0.4, 0.5) is 0 Å². The summed E-state index contributed by atoms with van der Waals surface area (Å²) in [4.78, 5) is 29.1. The lowest BCUT2D eigenvalue weighted by molar-refractivity contribution is 0.0927. The molecule has 3 aromatic rings. The van der Waals surface area contributed by atoms with E-state index in [1.807, 2.05) is 44.3 Å². The number of aromatic amines is 1. The van der Waals surface area contributed by atoms with Crippen LogP contribution in [0.3, 0.4) is 0 Å². The Bertz CT molecular complexity index is 1090. The highest BCUT2D eigenvalue weighted by molar-refractivity contribution is 5.95. The maximum atomic E-state index is 13.0. The van der Waals surface area contributed by atoms with Gasteiger partial charge in [0.1, 0.15) is 5.56 Å². The van der Waals surface area contributed by atoms with E-state index in [1.165, 1.54) is 0 Å². The molecular weight excluding hydrogens is 366 g/mol. The predicted molar refractivity (Wildman–Crippen MR) is 113 cm³/mol. The van der Waals surface area contributed by atoms with Crippen molar-refractivity contribution < 1.29 is 9.53 Å². The standard InChI is InChI=1S/C23H27N3O3/c1-15-12-16(2)26(14-18-6-5-11-29-18)23(28)21(15)22(27)24-10-9-17-13-25-20-8-4-3-7-19(17)20/h3-4,7-8,12-13,18,25H,5-6,9-11,14H2,1-2H3,(H,24,27)/t18-/m1/s1. The molecule has 3 heterocycles. The van der Waals surface area contributed by atoms with Gasteiger partial charge in [-0.2, -0.15) is 0 Å². The summed E-state index contributed by atoms with van der Waals surface area (Å²) >= 11 is 0. The fraction of sp³-hybridized carbons (Fsp3) is 0.391. The SMILES string of the molecule is Cc1cc(C)n(C[C@H]2CCCO2)c(=O)c1C(=O)NCCc1c[nH]c2ccccc12. The highest BCUT2D eigenvalue weighted by Gasteiger charge is 2.21. The number of hydrogen-bond acceptors (Lipinski definition) is 3. The van der Waals surface area contributed by atoms with Crippen LogP contribution in [0.25, 0.3) is 10.9 Å². The second-order valence-electron chi connectivity index (χ2n) is 7.76. The van der Waals surface area contributed by atoms with Crippen molar-refractivity contribution in [3.63, 3.8) is 0 Å². The van der Waals surface area contributed by atoms with Crippen LogP contribution in [-0.4, -0.2) is 34.7 Å². The van der Waals surface area contributed by atoms with E-state index >= 15 is 0 Å². The number of benzene rings is 1. The topological polar surface area (TPSA) is 76.1 Å². The minimum absolute atomic E-state index is 0.0480. The molecule has 0 radical (unpaired) electrons. The fourth-order valence-corrected chi connectivity index (χ4v) is 4.16. The first kappa shape index (κ1) is 19.5. The van der Waals surface area contributed by atoms with Gasteiger partial charge in [0.2, 0.25) is 0 Å². The lowest BCUT2D eigenvalue weighted by Gasteiger charge is -2.17. The van der Waals surface area contributed by atoms with E-state index < -0.39 is 0 Å². The number of hydrogen-bond donors (Lipinski definition) is 2. The van der Waals surface area contributed by atoms with Crippen LogP contribution in [0.15, 0.2) is 41.3 Å². The quantitative estimate of drug-likeness (QED) is 0.676. The summed E-state index contributed by atoms with van der Waals surface area (Å²) in [7, 11) is 0. The summed E-state index contributed by atoms with van der Waals surface area (Å²) in [5.74, 6) is -0.312. The molecule has 6 nitrogen and oxygen atoms in total. The molecule has 2 aromatic heterocycles. The Morgan fingerprint density at radius 1 is 1.31 bits per heavy atom. The van der Waals surface area contributed by atoms with Crippen molar-refractivity contribution in [2.24, 2.45) is 0 Å². The molecule has 1 fully saturated rings. The van der Waals surface area contributed by atoms with E-state index in [-0.39, 0.29) is 23.1 Å². The average Bonchev–Trinajstić information content (AvgIpc) is 3.35. The number of fused-ring (bicyclic) bond motifs is 1. The van der Waals surface area contributed by atoms with Crippen molar-refractivity contribution in [3.05, 3.63) is 69.3 Å². The zero-order valence-electron chi connectivity index (χ0n) is 17.0. The van der Waals surface area contributed by atoms with Gasteiger partial charge in [0, 0.05) is 35.9 Å². The number of amides is 1. The lowest BCUT2D eigenvalue weighted by atomic mass is 10.1. The van der Waals surface area contributed by atoms with Gasteiger partial charge in [-0.3, -0.25) is 9.59 Å². The van der Waals surface area contributed by atoms with Gasteiger partial charge in [0.25, 0.3) is 11.5 Å². The van der Waals surface area contributed by atoms with Crippen LogP contribution in [0.5, 0.6) is 0 Å². The Hall–Kier alpha value is -2.86. The normalized spacial score (nSPS) is 16.4. The molecule has 1 saturated heterocycles. The number of rotatable bonds is 6. The Morgan fingerprint density at radius 2 is 2.14 bits per heavy atom. The Kier molecular flexibility index (Phi) is 5.53. The molecule has 1 aromatic carbocycles. The van der Waals surface area contributed by atoms with Crippen LogP contribution < -0.4 is 10.9 Å². The summed E-state index contributed by atoms with van der Waals surface area (Å²) in [5.41, 5.74) is 3.80. The molecule has 0 spiro atoms. The van der Waals surface area contributed by atoms with Gasteiger partial charge in [-0.05, 0) is 56.4 Å². The van der Waals surface area contributed by atoms with Crippen LogP contribution >= 0.6 is 0 Å². The van der Waals surface area contributed by atoms with Crippen molar-refractivity contribution >= 4 is 16.8 Å². The van der Waals surface area contributed by atoms with Crippen LogP contribution in [0.1, 0.15) is 40.0 Å². The van der Waals surface area contributed by atoms with Gasteiger partial charge in [-0.1, -0.05) is 18.2 Å². The third-order valence-corrected chi connectivity index (χ3v) is 5.70. The maximum absolute atomic E-state index is 13.0. The number of para-hydroxylation sites is 1. The van der Waals surface area contributed by atoms with Gasteiger partial charge < -0.3 is 19.6 Å². The predicted octanol–water partition coefficient (Wildman–Crippen LogP) is 3.10. The van der Waals surface area contributed by atoms with E-state index in [0.717, 1.165) is 41.6 Å². The van der Waals surface area contributed by atoms with Crippen molar-refractivity contribution in [1.82, 2.24) is 14.9 Å². The van der Waals surface area contributed by atoms with Crippen molar-refractivity contribution in [2.75, 3.05) is 13.2 Å². The molecule has 152 valence electrons. The number of H-pyrrole nitrogens is 1. The van der Waals surface area contributed by atoms with Crippen molar-refractivity contribution in [3.8, 4) is 0 Å². The molecule has 6 heteroatoms. The molecule has 1 amide bonds. The molecule has 0 aliphatic carbocycles. The molecule has 2 N–H and O–H groups in total. The first-order chi connectivity index (χ1) is 14.0. The maximum Gasteiger partial charge on any atom is 0.263 e. The minimum Gasteiger partial charge on any atom is -0.376 e. The summed E-state index contributed by atoms with van der Waals surface area (Å²) in [5, 5.41) is 4.09. The van der Waals surface area contributed by atoms with E-state index in [4.69, 9.17) is 4.74 Å². The van der Waals surface area contributed by atoms with Crippen LogP contribution in [0, 0.1) is 13.8 Å². The third kappa shape index (κ3) is 3.98. The lowest BCUT2D eigenvalue weighted by Crippen LogP contribution is -2.37.